The third kappa shape index (κ3) is 3.50. The molecule has 1 aromatic carbocycles. The highest BCUT2D eigenvalue weighted by atomic mass is 16.5. The van der Waals surface area contributed by atoms with Crippen LogP contribution in [0.4, 0.5) is 5.69 Å². The van der Waals surface area contributed by atoms with Gasteiger partial charge in [0.2, 0.25) is 0 Å². The van der Waals surface area contributed by atoms with Crippen LogP contribution in [-0.4, -0.2) is 15.9 Å². The Morgan fingerprint density at radius 2 is 1.95 bits per heavy atom. The van der Waals surface area contributed by atoms with E-state index >= 15 is 0 Å². The molecule has 0 amide bonds. The maximum Gasteiger partial charge on any atom is 0.142 e. The molecule has 0 aliphatic rings. The van der Waals surface area contributed by atoms with Gasteiger partial charge in [0.05, 0.1) is 24.0 Å². The first-order valence-corrected chi connectivity index (χ1v) is 6.57. The molecule has 0 bridgehead atoms. The van der Waals surface area contributed by atoms with Crippen LogP contribution in [-0.2, 0) is 7.05 Å². The fraction of sp³-hybridized carbons (Fsp3) is 0.400. The SMILES string of the molecule is CC(C)Oc1ccccc1NC(C)c1cnn(C)c1. The Hall–Kier alpha value is -1.97. The Balaban J connectivity index is 2.14. The summed E-state index contributed by atoms with van der Waals surface area (Å²) in [4.78, 5) is 0. The van der Waals surface area contributed by atoms with E-state index in [1.807, 2.05) is 62.2 Å². The first-order chi connectivity index (χ1) is 9.06. The van der Waals surface area contributed by atoms with Gasteiger partial charge in [-0.15, -0.1) is 0 Å². The molecule has 102 valence electrons. The van der Waals surface area contributed by atoms with Crippen molar-refractivity contribution in [2.24, 2.45) is 7.05 Å². The number of aryl methyl sites for hydroxylation is 1. The number of hydrogen-bond donors (Lipinski definition) is 1. The minimum absolute atomic E-state index is 0.164. The summed E-state index contributed by atoms with van der Waals surface area (Å²) < 4.78 is 7.61. The van der Waals surface area contributed by atoms with Gasteiger partial charge in [0.1, 0.15) is 5.75 Å². The Labute approximate surface area is 114 Å². The molecule has 0 aliphatic heterocycles. The van der Waals surface area contributed by atoms with Gasteiger partial charge >= 0.3 is 0 Å². The maximum absolute atomic E-state index is 5.80. The van der Waals surface area contributed by atoms with E-state index < -0.39 is 0 Å². The molecular formula is C15H21N3O. The van der Waals surface area contributed by atoms with Crippen LogP contribution in [0.25, 0.3) is 0 Å². The molecule has 2 rings (SSSR count). The van der Waals surface area contributed by atoms with Crippen molar-refractivity contribution in [2.45, 2.75) is 32.9 Å². The fourth-order valence-corrected chi connectivity index (χ4v) is 1.92. The molecule has 1 aromatic heterocycles. The van der Waals surface area contributed by atoms with Crippen molar-refractivity contribution in [3.8, 4) is 5.75 Å². The molecule has 1 unspecified atom stereocenters. The fourth-order valence-electron chi connectivity index (χ4n) is 1.92. The van der Waals surface area contributed by atoms with Gasteiger partial charge in [-0.2, -0.15) is 5.10 Å². The standard InChI is InChI=1S/C15H21N3O/c1-11(2)19-15-8-6-5-7-14(15)17-12(3)13-9-16-18(4)10-13/h5-12,17H,1-4H3. The number of nitrogens with zero attached hydrogens (tertiary/aromatic N) is 2. The second kappa shape index (κ2) is 5.78. The van der Waals surface area contributed by atoms with E-state index in [9.17, 15) is 0 Å². The van der Waals surface area contributed by atoms with Gasteiger partial charge in [0, 0.05) is 18.8 Å². The highest BCUT2D eigenvalue weighted by Crippen LogP contribution is 2.28. The summed E-state index contributed by atoms with van der Waals surface area (Å²) in [6.45, 7) is 6.17. The molecule has 4 heteroatoms. The molecule has 1 atom stereocenters. The van der Waals surface area contributed by atoms with Gasteiger partial charge in [0.15, 0.2) is 0 Å². The molecule has 1 heterocycles. The largest absolute Gasteiger partial charge is 0.489 e. The Morgan fingerprint density at radius 3 is 2.58 bits per heavy atom. The zero-order valence-corrected chi connectivity index (χ0v) is 11.9. The first-order valence-electron chi connectivity index (χ1n) is 6.57. The Bertz CT molecular complexity index is 534. The normalized spacial score (nSPS) is 12.5. The van der Waals surface area contributed by atoms with Gasteiger partial charge in [-0.3, -0.25) is 4.68 Å². The lowest BCUT2D eigenvalue weighted by Gasteiger charge is -2.18. The third-order valence-corrected chi connectivity index (χ3v) is 2.85. The molecule has 0 saturated carbocycles. The van der Waals surface area contributed by atoms with Gasteiger partial charge in [0.25, 0.3) is 0 Å². The number of hydrogen-bond acceptors (Lipinski definition) is 3. The molecule has 0 saturated heterocycles. The van der Waals surface area contributed by atoms with E-state index in [2.05, 4.69) is 17.3 Å². The summed E-state index contributed by atoms with van der Waals surface area (Å²) in [7, 11) is 1.92. The topological polar surface area (TPSA) is 39.1 Å². The minimum atomic E-state index is 0.164. The van der Waals surface area contributed by atoms with Crippen LogP contribution in [0.2, 0.25) is 0 Å². The minimum Gasteiger partial charge on any atom is -0.489 e. The quantitative estimate of drug-likeness (QED) is 0.894. The van der Waals surface area contributed by atoms with Crippen LogP contribution < -0.4 is 10.1 Å². The van der Waals surface area contributed by atoms with E-state index in [0.29, 0.717) is 0 Å². The average Bonchev–Trinajstić information content (AvgIpc) is 2.78. The van der Waals surface area contributed by atoms with E-state index in [0.717, 1.165) is 17.0 Å². The molecular weight excluding hydrogens is 238 g/mol. The van der Waals surface area contributed by atoms with Crippen LogP contribution in [0.3, 0.4) is 0 Å². The first kappa shape index (κ1) is 13.5. The number of aromatic nitrogens is 2. The summed E-state index contributed by atoms with van der Waals surface area (Å²) >= 11 is 0. The van der Waals surface area contributed by atoms with Gasteiger partial charge in [-0.1, -0.05) is 12.1 Å². The van der Waals surface area contributed by atoms with Crippen molar-refractivity contribution in [1.82, 2.24) is 9.78 Å². The smallest absolute Gasteiger partial charge is 0.142 e. The molecule has 1 N–H and O–H groups in total. The van der Waals surface area contributed by atoms with Crippen molar-refractivity contribution in [1.29, 1.82) is 0 Å². The summed E-state index contributed by atoms with van der Waals surface area (Å²) in [5, 5.41) is 7.66. The number of benzene rings is 1. The van der Waals surface area contributed by atoms with Crippen molar-refractivity contribution in [3.63, 3.8) is 0 Å². The van der Waals surface area contributed by atoms with E-state index in [4.69, 9.17) is 4.74 Å². The monoisotopic (exact) mass is 259 g/mol. The number of anilines is 1. The van der Waals surface area contributed by atoms with Gasteiger partial charge < -0.3 is 10.1 Å². The Kier molecular flexibility index (Phi) is 4.10. The van der Waals surface area contributed by atoms with Crippen LogP contribution in [0.15, 0.2) is 36.7 Å². The lowest BCUT2D eigenvalue weighted by atomic mass is 10.1. The van der Waals surface area contributed by atoms with Crippen molar-refractivity contribution in [3.05, 3.63) is 42.2 Å². The predicted octanol–water partition coefficient (Wildman–Crippen LogP) is 3.38. The second-order valence-electron chi connectivity index (χ2n) is 4.98. The van der Waals surface area contributed by atoms with Crippen LogP contribution in [0.1, 0.15) is 32.4 Å². The van der Waals surface area contributed by atoms with Gasteiger partial charge in [-0.25, -0.2) is 0 Å². The predicted molar refractivity (Wildman–Crippen MR) is 77.5 cm³/mol. The van der Waals surface area contributed by atoms with E-state index in [-0.39, 0.29) is 12.1 Å². The highest BCUT2D eigenvalue weighted by Gasteiger charge is 2.11. The maximum atomic E-state index is 5.80. The second-order valence-corrected chi connectivity index (χ2v) is 4.98. The number of rotatable bonds is 5. The highest BCUT2D eigenvalue weighted by molar-refractivity contribution is 5.57. The molecule has 19 heavy (non-hydrogen) atoms. The Morgan fingerprint density at radius 1 is 1.21 bits per heavy atom. The van der Waals surface area contributed by atoms with Crippen LogP contribution in [0.5, 0.6) is 5.75 Å². The lowest BCUT2D eigenvalue weighted by molar-refractivity contribution is 0.243. The third-order valence-electron chi connectivity index (χ3n) is 2.85. The van der Waals surface area contributed by atoms with E-state index in [1.165, 1.54) is 0 Å². The lowest BCUT2D eigenvalue weighted by Crippen LogP contribution is -2.10. The average molecular weight is 259 g/mol. The summed E-state index contributed by atoms with van der Waals surface area (Å²) in [5.41, 5.74) is 2.16. The molecule has 2 aromatic rings. The summed E-state index contributed by atoms with van der Waals surface area (Å²) in [6, 6.07) is 8.19. The van der Waals surface area contributed by atoms with Crippen LogP contribution in [0, 0.1) is 0 Å². The molecule has 0 radical (unpaired) electrons. The van der Waals surface area contributed by atoms with Crippen molar-refractivity contribution in [2.75, 3.05) is 5.32 Å². The van der Waals surface area contributed by atoms with Crippen molar-refractivity contribution >= 4 is 5.69 Å². The zero-order chi connectivity index (χ0) is 13.8. The molecule has 0 spiro atoms. The number of ether oxygens (including phenoxy) is 1. The zero-order valence-electron chi connectivity index (χ0n) is 11.9. The molecule has 0 aliphatic carbocycles. The molecule has 4 nitrogen and oxygen atoms in total. The van der Waals surface area contributed by atoms with Crippen LogP contribution >= 0.6 is 0 Å². The summed E-state index contributed by atoms with van der Waals surface area (Å²) in [5.74, 6) is 0.883. The van der Waals surface area contributed by atoms with Gasteiger partial charge in [-0.05, 0) is 32.9 Å². The van der Waals surface area contributed by atoms with Crippen molar-refractivity contribution < 1.29 is 4.74 Å². The number of para-hydroxylation sites is 2. The summed E-state index contributed by atoms with van der Waals surface area (Å²) in [6.07, 6.45) is 4.06. The number of nitrogens with one attached hydrogen (secondary N) is 1. The van der Waals surface area contributed by atoms with E-state index in [1.54, 1.807) is 0 Å². The molecule has 0 fully saturated rings.